The second kappa shape index (κ2) is 7.50. The van der Waals surface area contributed by atoms with Gasteiger partial charge in [0, 0.05) is 10.7 Å². The molecule has 0 atom stereocenters. The van der Waals surface area contributed by atoms with Crippen LogP contribution < -0.4 is 10.9 Å². The van der Waals surface area contributed by atoms with E-state index >= 15 is 0 Å². The number of carbonyl (C=O) groups is 1. The lowest BCUT2D eigenvalue weighted by Gasteiger charge is -2.08. The standard InChI is InChI=1S/C22H14Cl2N2O2/c23-16-7-9-20(18(24)12-16)26-22(28)17-8-10-19(25-21(17)27)15-6-5-13-3-1-2-4-14(13)11-15/h1-12H,(H,25,27)(H,26,28). The molecule has 0 aliphatic rings. The van der Waals surface area contributed by atoms with Crippen molar-refractivity contribution >= 4 is 45.6 Å². The zero-order chi connectivity index (χ0) is 19.7. The molecule has 4 rings (SSSR count). The van der Waals surface area contributed by atoms with Crippen molar-refractivity contribution < 1.29 is 4.79 Å². The van der Waals surface area contributed by atoms with Gasteiger partial charge in [-0.05, 0) is 52.7 Å². The molecule has 0 aliphatic heterocycles. The van der Waals surface area contributed by atoms with Gasteiger partial charge in [0.1, 0.15) is 5.56 Å². The van der Waals surface area contributed by atoms with Crippen molar-refractivity contribution in [3.63, 3.8) is 0 Å². The molecule has 0 fully saturated rings. The van der Waals surface area contributed by atoms with Gasteiger partial charge >= 0.3 is 0 Å². The van der Waals surface area contributed by atoms with E-state index in [9.17, 15) is 9.59 Å². The first-order valence-electron chi connectivity index (χ1n) is 8.50. The van der Waals surface area contributed by atoms with Gasteiger partial charge in [0.15, 0.2) is 0 Å². The summed E-state index contributed by atoms with van der Waals surface area (Å²) >= 11 is 11.9. The van der Waals surface area contributed by atoms with Crippen LogP contribution in [0.15, 0.2) is 77.6 Å². The van der Waals surface area contributed by atoms with Crippen LogP contribution in [0.1, 0.15) is 10.4 Å². The van der Waals surface area contributed by atoms with Crippen LogP contribution in [0.3, 0.4) is 0 Å². The molecule has 28 heavy (non-hydrogen) atoms. The van der Waals surface area contributed by atoms with Crippen molar-refractivity contribution in [2.45, 2.75) is 0 Å². The Hall–Kier alpha value is -3.08. The molecule has 0 saturated heterocycles. The highest BCUT2D eigenvalue weighted by molar-refractivity contribution is 6.36. The predicted octanol–water partition coefficient (Wildman–Crippen LogP) is 5.75. The molecule has 0 saturated carbocycles. The third-order valence-electron chi connectivity index (χ3n) is 4.39. The second-order valence-electron chi connectivity index (χ2n) is 6.26. The number of fused-ring (bicyclic) bond motifs is 1. The number of amides is 1. The number of hydrogen-bond donors (Lipinski definition) is 2. The van der Waals surface area contributed by atoms with E-state index < -0.39 is 11.5 Å². The Balaban J connectivity index is 1.63. The first kappa shape index (κ1) is 18.3. The van der Waals surface area contributed by atoms with Crippen LogP contribution in [-0.4, -0.2) is 10.9 Å². The highest BCUT2D eigenvalue weighted by atomic mass is 35.5. The summed E-state index contributed by atoms with van der Waals surface area (Å²) in [7, 11) is 0. The van der Waals surface area contributed by atoms with Gasteiger partial charge in [0.05, 0.1) is 10.7 Å². The van der Waals surface area contributed by atoms with E-state index in [1.165, 1.54) is 12.1 Å². The van der Waals surface area contributed by atoms with Gasteiger partial charge in [-0.1, -0.05) is 59.6 Å². The monoisotopic (exact) mass is 408 g/mol. The van der Waals surface area contributed by atoms with Gasteiger partial charge < -0.3 is 10.3 Å². The molecule has 1 heterocycles. The second-order valence-corrected chi connectivity index (χ2v) is 7.10. The first-order chi connectivity index (χ1) is 13.5. The molecule has 0 radical (unpaired) electrons. The van der Waals surface area contributed by atoms with Crippen LogP contribution >= 0.6 is 23.2 Å². The van der Waals surface area contributed by atoms with E-state index in [1.807, 2.05) is 42.5 Å². The number of carbonyl (C=O) groups excluding carboxylic acids is 1. The fraction of sp³-hybridized carbons (Fsp3) is 0. The summed E-state index contributed by atoms with van der Waals surface area (Å²) in [6.45, 7) is 0. The predicted molar refractivity (Wildman–Crippen MR) is 114 cm³/mol. The largest absolute Gasteiger partial charge is 0.321 e. The van der Waals surface area contributed by atoms with Crippen molar-refractivity contribution in [2.24, 2.45) is 0 Å². The number of hydrogen-bond acceptors (Lipinski definition) is 2. The van der Waals surface area contributed by atoms with E-state index in [1.54, 1.807) is 18.2 Å². The number of aromatic nitrogens is 1. The lowest BCUT2D eigenvalue weighted by atomic mass is 10.0. The van der Waals surface area contributed by atoms with Crippen molar-refractivity contribution in [2.75, 3.05) is 5.32 Å². The molecule has 4 aromatic rings. The minimum Gasteiger partial charge on any atom is -0.321 e. The Morgan fingerprint density at radius 2 is 1.64 bits per heavy atom. The smallest absolute Gasteiger partial charge is 0.261 e. The van der Waals surface area contributed by atoms with Gasteiger partial charge in [-0.25, -0.2) is 0 Å². The summed E-state index contributed by atoms with van der Waals surface area (Å²) < 4.78 is 0. The molecule has 0 aliphatic carbocycles. The molecule has 0 unspecified atom stereocenters. The maximum Gasteiger partial charge on any atom is 0.261 e. The number of halogens is 2. The first-order valence-corrected chi connectivity index (χ1v) is 9.26. The van der Waals surface area contributed by atoms with Gasteiger partial charge in [0.2, 0.25) is 0 Å². The highest BCUT2D eigenvalue weighted by Gasteiger charge is 2.13. The van der Waals surface area contributed by atoms with Gasteiger partial charge in [-0.3, -0.25) is 9.59 Å². The number of anilines is 1. The van der Waals surface area contributed by atoms with Crippen LogP contribution in [0.4, 0.5) is 5.69 Å². The maximum absolute atomic E-state index is 12.5. The molecule has 0 spiro atoms. The maximum atomic E-state index is 12.5. The Morgan fingerprint density at radius 1 is 0.857 bits per heavy atom. The van der Waals surface area contributed by atoms with Crippen molar-refractivity contribution in [1.82, 2.24) is 4.98 Å². The minimum absolute atomic E-state index is 0.00411. The van der Waals surface area contributed by atoms with Crippen molar-refractivity contribution in [3.05, 3.63) is 98.8 Å². The van der Waals surface area contributed by atoms with Crippen LogP contribution in [-0.2, 0) is 0 Å². The molecular formula is C22H14Cl2N2O2. The number of rotatable bonds is 3. The zero-order valence-electron chi connectivity index (χ0n) is 14.5. The Morgan fingerprint density at radius 3 is 2.39 bits per heavy atom. The molecule has 4 nitrogen and oxygen atoms in total. The summed E-state index contributed by atoms with van der Waals surface area (Å²) in [4.78, 5) is 27.7. The molecule has 0 bridgehead atoms. The lowest BCUT2D eigenvalue weighted by molar-refractivity contribution is 0.102. The lowest BCUT2D eigenvalue weighted by Crippen LogP contribution is -2.23. The Labute approximate surface area is 170 Å². The minimum atomic E-state index is -0.546. The average Bonchev–Trinajstić information content (AvgIpc) is 2.69. The number of nitrogens with one attached hydrogen (secondary N) is 2. The quantitative estimate of drug-likeness (QED) is 0.452. The summed E-state index contributed by atoms with van der Waals surface area (Å²) in [5.74, 6) is -0.546. The summed E-state index contributed by atoms with van der Waals surface area (Å²) in [6.07, 6.45) is 0. The number of aromatic amines is 1. The van der Waals surface area contributed by atoms with Crippen LogP contribution in [0.25, 0.3) is 22.0 Å². The summed E-state index contributed by atoms with van der Waals surface area (Å²) in [5, 5.41) is 5.57. The van der Waals surface area contributed by atoms with E-state index in [0.717, 1.165) is 16.3 Å². The molecular weight excluding hydrogens is 395 g/mol. The van der Waals surface area contributed by atoms with E-state index in [-0.39, 0.29) is 5.56 Å². The SMILES string of the molecule is O=C(Nc1ccc(Cl)cc1Cl)c1ccc(-c2ccc3ccccc3c2)[nH]c1=O. The van der Waals surface area contributed by atoms with E-state index in [4.69, 9.17) is 23.2 Å². The summed E-state index contributed by atoms with van der Waals surface area (Å²) in [6, 6.07) is 21.8. The highest BCUT2D eigenvalue weighted by Crippen LogP contribution is 2.26. The molecule has 2 N–H and O–H groups in total. The van der Waals surface area contributed by atoms with Crippen molar-refractivity contribution in [1.29, 1.82) is 0 Å². The van der Waals surface area contributed by atoms with Crippen LogP contribution in [0.2, 0.25) is 10.0 Å². The van der Waals surface area contributed by atoms with Gasteiger partial charge in [-0.2, -0.15) is 0 Å². The Bertz CT molecular complexity index is 1260. The topological polar surface area (TPSA) is 62.0 Å². The number of pyridine rings is 1. The fourth-order valence-electron chi connectivity index (χ4n) is 2.96. The van der Waals surface area contributed by atoms with Crippen LogP contribution in [0, 0.1) is 0 Å². The Kier molecular flexibility index (Phi) is 4.90. The number of benzene rings is 3. The van der Waals surface area contributed by atoms with E-state index in [2.05, 4.69) is 10.3 Å². The van der Waals surface area contributed by atoms with E-state index in [0.29, 0.717) is 21.4 Å². The number of H-pyrrole nitrogens is 1. The van der Waals surface area contributed by atoms with Gasteiger partial charge in [-0.15, -0.1) is 0 Å². The molecule has 1 aromatic heterocycles. The third-order valence-corrected chi connectivity index (χ3v) is 4.94. The molecule has 6 heteroatoms. The molecule has 1 amide bonds. The molecule has 138 valence electrons. The zero-order valence-corrected chi connectivity index (χ0v) is 16.0. The van der Waals surface area contributed by atoms with Crippen molar-refractivity contribution in [3.8, 4) is 11.3 Å². The fourth-order valence-corrected chi connectivity index (χ4v) is 3.41. The van der Waals surface area contributed by atoms with Gasteiger partial charge in [0.25, 0.3) is 11.5 Å². The average molecular weight is 409 g/mol. The normalized spacial score (nSPS) is 10.8. The summed E-state index contributed by atoms with van der Waals surface area (Å²) in [5.41, 5.74) is 1.40. The van der Waals surface area contributed by atoms with Crippen LogP contribution in [0.5, 0.6) is 0 Å². The third kappa shape index (κ3) is 3.65. The molecule has 3 aromatic carbocycles.